The number of likely N-dealkylation sites (tertiary alicyclic amines) is 1. The second-order valence-corrected chi connectivity index (χ2v) is 6.88. The summed E-state index contributed by atoms with van der Waals surface area (Å²) in [5.41, 5.74) is 1.59. The lowest BCUT2D eigenvalue weighted by molar-refractivity contribution is -0.133. The number of anilines is 1. The van der Waals surface area contributed by atoms with Gasteiger partial charge in [0.1, 0.15) is 11.5 Å². The summed E-state index contributed by atoms with van der Waals surface area (Å²) in [5.74, 6) is 1.70. The third-order valence-corrected chi connectivity index (χ3v) is 4.70. The molecule has 0 aliphatic carbocycles. The molecule has 3 heterocycles. The van der Waals surface area contributed by atoms with E-state index in [2.05, 4.69) is 15.0 Å². The topological polar surface area (TPSA) is 84.3 Å². The minimum Gasteiger partial charge on any atom is -0.384 e. The van der Waals surface area contributed by atoms with Crippen LogP contribution in [0.1, 0.15) is 30.9 Å². The Hall–Kier alpha value is -2.61. The highest BCUT2D eigenvalue weighted by Gasteiger charge is 2.26. The molecule has 0 N–H and O–H groups in total. The number of ether oxygens (including phenoxy) is 1. The standard InChI is InChI=1S/C19H26N6O2/c1-24(2)17-11-15(22-19(23-17)16-12-20-7-8-21-16)14-5-4-9-25(13-14)18(26)6-10-27-3/h7-8,11-12,14H,4-6,9-10,13H2,1-3H3/t14-/m1/s1. The van der Waals surface area contributed by atoms with Crippen LogP contribution in [-0.2, 0) is 9.53 Å². The Morgan fingerprint density at radius 3 is 2.89 bits per heavy atom. The number of nitrogens with zero attached hydrogens (tertiary/aromatic N) is 6. The number of rotatable bonds is 6. The van der Waals surface area contributed by atoms with E-state index >= 15 is 0 Å². The SMILES string of the molecule is COCCC(=O)N1CCC[C@@H](c2cc(N(C)C)nc(-c3cnccn3)n2)C1. The first-order valence-corrected chi connectivity index (χ1v) is 9.18. The molecule has 1 saturated heterocycles. The average molecular weight is 370 g/mol. The van der Waals surface area contributed by atoms with Gasteiger partial charge in [0.05, 0.1) is 24.9 Å². The molecule has 1 atom stereocenters. The lowest BCUT2D eigenvalue weighted by Gasteiger charge is -2.33. The Morgan fingerprint density at radius 2 is 2.19 bits per heavy atom. The molecule has 0 bridgehead atoms. The molecule has 2 aromatic rings. The Labute approximate surface area is 159 Å². The quantitative estimate of drug-likeness (QED) is 0.766. The monoisotopic (exact) mass is 370 g/mol. The molecule has 0 spiro atoms. The van der Waals surface area contributed by atoms with Crippen LogP contribution in [0.5, 0.6) is 0 Å². The van der Waals surface area contributed by atoms with Gasteiger partial charge in [0.15, 0.2) is 5.82 Å². The van der Waals surface area contributed by atoms with Crippen LogP contribution in [0, 0.1) is 0 Å². The third-order valence-electron chi connectivity index (χ3n) is 4.70. The number of hydrogen-bond donors (Lipinski definition) is 0. The zero-order chi connectivity index (χ0) is 19.2. The first-order valence-electron chi connectivity index (χ1n) is 9.18. The van der Waals surface area contributed by atoms with Crippen molar-refractivity contribution in [1.82, 2.24) is 24.8 Å². The van der Waals surface area contributed by atoms with E-state index in [1.165, 1.54) is 0 Å². The van der Waals surface area contributed by atoms with Crippen LogP contribution in [0.25, 0.3) is 11.5 Å². The molecule has 144 valence electrons. The fourth-order valence-corrected chi connectivity index (χ4v) is 3.21. The maximum absolute atomic E-state index is 12.4. The van der Waals surface area contributed by atoms with Crippen LogP contribution < -0.4 is 4.90 Å². The predicted octanol–water partition coefficient (Wildman–Crippen LogP) is 1.74. The molecule has 0 saturated carbocycles. The van der Waals surface area contributed by atoms with Crippen molar-refractivity contribution >= 4 is 11.7 Å². The molecule has 1 aliphatic heterocycles. The summed E-state index contributed by atoms with van der Waals surface area (Å²) in [6, 6.07) is 2.01. The summed E-state index contributed by atoms with van der Waals surface area (Å²) in [6.07, 6.45) is 7.31. The van der Waals surface area contributed by atoms with E-state index in [0.29, 0.717) is 31.1 Å². The molecule has 8 nitrogen and oxygen atoms in total. The summed E-state index contributed by atoms with van der Waals surface area (Å²) in [5, 5.41) is 0. The van der Waals surface area contributed by atoms with Gasteiger partial charge in [-0.25, -0.2) is 15.0 Å². The average Bonchev–Trinajstić information content (AvgIpc) is 2.72. The van der Waals surface area contributed by atoms with Crippen molar-refractivity contribution in [1.29, 1.82) is 0 Å². The molecule has 0 unspecified atom stereocenters. The van der Waals surface area contributed by atoms with Gasteiger partial charge in [0.2, 0.25) is 5.91 Å². The molecule has 1 aliphatic rings. The molecule has 2 aromatic heterocycles. The van der Waals surface area contributed by atoms with Crippen molar-refractivity contribution in [3.05, 3.63) is 30.4 Å². The number of amides is 1. The Kier molecular flexibility index (Phi) is 6.28. The maximum Gasteiger partial charge on any atom is 0.224 e. The van der Waals surface area contributed by atoms with E-state index in [-0.39, 0.29) is 11.8 Å². The van der Waals surface area contributed by atoms with Gasteiger partial charge in [-0.2, -0.15) is 0 Å². The smallest absolute Gasteiger partial charge is 0.224 e. The van der Waals surface area contributed by atoms with E-state index in [4.69, 9.17) is 9.72 Å². The first-order chi connectivity index (χ1) is 13.1. The molecule has 0 aromatic carbocycles. The number of carbonyl (C=O) groups is 1. The minimum atomic E-state index is 0.137. The van der Waals surface area contributed by atoms with E-state index in [1.54, 1.807) is 25.7 Å². The zero-order valence-electron chi connectivity index (χ0n) is 16.1. The maximum atomic E-state index is 12.4. The third kappa shape index (κ3) is 4.77. The lowest BCUT2D eigenvalue weighted by atomic mass is 9.94. The second-order valence-electron chi connectivity index (χ2n) is 6.88. The van der Waals surface area contributed by atoms with E-state index in [9.17, 15) is 4.79 Å². The summed E-state index contributed by atoms with van der Waals surface area (Å²) in [4.78, 5) is 34.1. The molecule has 1 amide bonds. The van der Waals surface area contributed by atoms with E-state index in [1.807, 2.05) is 30.0 Å². The van der Waals surface area contributed by atoms with Crippen molar-refractivity contribution in [2.24, 2.45) is 0 Å². The number of piperidine rings is 1. The fourth-order valence-electron chi connectivity index (χ4n) is 3.21. The Balaban J connectivity index is 1.86. The fraction of sp³-hybridized carbons (Fsp3) is 0.526. The highest BCUT2D eigenvalue weighted by atomic mass is 16.5. The Morgan fingerprint density at radius 1 is 1.33 bits per heavy atom. The van der Waals surface area contributed by atoms with Gasteiger partial charge < -0.3 is 14.5 Å². The van der Waals surface area contributed by atoms with Crippen LogP contribution >= 0.6 is 0 Å². The number of methoxy groups -OCH3 is 1. The number of carbonyl (C=O) groups excluding carboxylic acids is 1. The van der Waals surface area contributed by atoms with Crippen LogP contribution in [0.15, 0.2) is 24.7 Å². The molecule has 1 fully saturated rings. The number of hydrogen-bond acceptors (Lipinski definition) is 7. The van der Waals surface area contributed by atoms with Crippen LogP contribution in [-0.4, -0.2) is 71.6 Å². The van der Waals surface area contributed by atoms with Crippen LogP contribution in [0.3, 0.4) is 0 Å². The lowest BCUT2D eigenvalue weighted by Crippen LogP contribution is -2.39. The molecule has 27 heavy (non-hydrogen) atoms. The van der Waals surface area contributed by atoms with Gasteiger partial charge in [-0.1, -0.05) is 0 Å². The van der Waals surface area contributed by atoms with Gasteiger partial charge in [-0.3, -0.25) is 9.78 Å². The van der Waals surface area contributed by atoms with Crippen molar-refractivity contribution in [2.75, 3.05) is 45.8 Å². The normalized spacial score (nSPS) is 17.0. The summed E-state index contributed by atoms with van der Waals surface area (Å²) < 4.78 is 5.04. The second kappa shape index (κ2) is 8.85. The van der Waals surface area contributed by atoms with Crippen molar-refractivity contribution in [3.8, 4) is 11.5 Å². The summed E-state index contributed by atoms with van der Waals surface area (Å²) in [6.45, 7) is 1.92. The van der Waals surface area contributed by atoms with Gasteiger partial charge in [0.25, 0.3) is 0 Å². The van der Waals surface area contributed by atoms with Gasteiger partial charge >= 0.3 is 0 Å². The highest BCUT2D eigenvalue weighted by Crippen LogP contribution is 2.29. The molecule has 0 radical (unpaired) electrons. The summed E-state index contributed by atoms with van der Waals surface area (Å²) in [7, 11) is 5.52. The minimum absolute atomic E-state index is 0.137. The van der Waals surface area contributed by atoms with E-state index < -0.39 is 0 Å². The van der Waals surface area contributed by atoms with Crippen LogP contribution in [0.2, 0.25) is 0 Å². The summed E-state index contributed by atoms with van der Waals surface area (Å²) >= 11 is 0. The molecular weight excluding hydrogens is 344 g/mol. The highest BCUT2D eigenvalue weighted by molar-refractivity contribution is 5.76. The first kappa shape index (κ1) is 19.2. The van der Waals surface area contributed by atoms with E-state index in [0.717, 1.165) is 30.9 Å². The molecule has 8 heteroatoms. The van der Waals surface area contributed by atoms with Crippen molar-refractivity contribution in [3.63, 3.8) is 0 Å². The number of aromatic nitrogens is 4. The zero-order valence-corrected chi connectivity index (χ0v) is 16.1. The molecule has 3 rings (SSSR count). The Bertz CT molecular complexity index is 768. The van der Waals surface area contributed by atoms with Crippen molar-refractivity contribution in [2.45, 2.75) is 25.2 Å². The van der Waals surface area contributed by atoms with Gasteiger partial charge in [-0.15, -0.1) is 0 Å². The predicted molar refractivity (Wildman–Crippen MR) is 102 cm³/mol. The van der Waals surface area contributed by atoms with Gasteiger partial charge in [-0.05, 0) is 12.8 Å². The van der Waals surface area contributed by atoms with Gasteiger partial charge in [0, 0.05) is 58.7 Å². The van der Waals surface area contributed by atoms with Crippen LogP contribution in [0.4, 0.5) is 5.82 Å². The molecular formula is C19H26N6O2. The largest absolute Gasteiger partial charge is 0.384 e. The van der Waals surface area contributed by atoms with Crippen molar-refractivity contribution < 1.29 is 9.53 Å².